The zero-order valence-electron chi connectivity index (χ0n) is 11.5. The van der Waals surface area contributed by atoms with E-state index in [-0.39, 0.29) is 30.8 Å². The van der Waals surface area contributed by atoms with Crippen molar-refractivity contribution in [1.29, 1.82) is 0 Å². The monoisotopic (exact) mass is 300 g/mol. The largest absolute Gasteiger partial charge is 0.465 e. The number of halogens is 1. The van der Waals surface area contributed by atoms with Gasteiger partial charge in [0.1, 0.15) is 11.7 Å². The number of hydrogen-bond acceptors (Lipinski definition) is 5. The lowest BCUT2D eigenvalue weighted by Gasteiger charge is -2.21. The number of carbonyl (C=O) groups is 2. The van der Waals surface area contributed by atoms with Crippen LogP contribution in [0.2, 0.25) is 5.15 Å². The maximum Gasteiger partial charge on any atom is 0.325 e. The molecule has 6 nitrogen and oxygen atoms in total. The minimum Gasteiger partial charge on any atom is -0.465 e. The molecule has 1 aromatic rings. The number of methoxy groups -OCH3 is 1. The van der Waals surface area contributed by atoms with Gasteiger partial charge in [0, 0.05) is 25.4 Å². The molecule has 20 heavy (non-hydrogen) atoms. The Labute approximate surface area is 122 Å². The molecule has 0 bridgehead atoms. The third kappa shape index (κ3) is 5.14. The van der Waals surface area contributed by atoms with E-state index in [0.29, 0.717) is 12.2 Å². The first-order chi connectivity index (χ1) is 9.58. The van der Waals surface area contributed by atoms with Crippen LogP contribution in [0.1, 0.15) is 17.3 Å². The molecule has 0 fully saturated rings. The fourth-order valence-corrected chi connectivity index (χ4v) is 1.71. The molecule has 7 heteroatoms. The van der Waals surface area contributed by atoms with Gasteiger partial charge in [-0.15, -0.1) is 0 Å². The summed E-state index contributed by atoms with van der Waals surface area (Å²) in [5.41, 5.74) is 0.366. The first kappa shape index (κ1) is 16.4. The number of pyridine rings is 1. The van der Waals surface area contributed by atoms with Crippen molar-refractivity contribution in [3.8, 4) is 0 Å². The molecule has 1 rings (SSSR count). The maximum absolute atomic E-state index is 12.3. The minimum absolute atomic E-state index is 0.129. The van der Waals surface area contributed by atoms with Gasteiger partial charge in [-0.2, -0.15) is 0 Å². The number of ether oxygens (including phenoxy) is 2. The summed E-state index contributed by atoms with van der Waals surface area (Å²) in [6.45, 7) is 2.46. The Morgan fingerprint density at radius 3 is 2.80 bits per heavy atom. The fraction of sp³-hybridized carbons (Fsp3) is 0.462. The summed E-state index contributed by atoms with van der Waals surface area (Å²) in [5.74, 6) is -0.781. The highest BCUT2D eigenvalue weighted by molar-refractivity contribution is 6.29. The number of amides is 1. The second-order valence-electron chi connectivity index (χ2n) is 3.89. The van der Waals surface area contributed by atoms with E-state index in [1.165, 1.54) is 24.3 Å². The number of hydrogen-bond donors (Lipinski definition) is 0. The SMILES string of the molecule is CCOC(=O)CN(CCOC)C(=O)c1ccnc(Cl)c1. The molecule has 0 saturated carbocycles. The van der Waals surface area contributed by atoms with E-state index in [0.717, 1.165) is 0 Å². The van der Waals surface area contributed by atoms with Gasteiger partial charge in [0.2, 0.25) is 0 Å². The summed E-state index contributed by atoms with van der Waals surface area (Å²) in [5, 5.41) is 0.221. The zero-order valence-corrected chi connectivity index (χ0v) is 12.2. The third-order valence-electron chi connectivity index (χ3n) is 2.45. The van der Waals surface area contributed by atoms with Gasteiger partial charge in [0.05, 0.1) is 13.2 Å². The Kier molecular flexibility index (Phi) is 6.97. The number of rotatable bonds is 7. The quantitative estimate of drug-likeness (QED) is 0.562. The minimum atomic E-state index is -0.461. The highest BCUT2D eigenvalue weighted by Gasteiger charge is 2.19. The van der Waals surface area contributed by atoms with Crippen LogP contribution in [-0.2, 0) is 14.3 Å². The molecule has 0 radical (unpaired) electrons. The second kappa shape index (κ2) is 8.50. The van der Waals surface area contributed by atoms with Gasteiger partial charge in [-0.3, -0.25) is 9.59 Å². The lowest BCUT2D eigenvalue weighted by Crippen LogP contribution is -2.38. The Morgan fingerprint density at radius 1 is 1.45 bits per heavy atom. The molecule has 0 N–H and O–H groups in total. The van der Waals surface area contributed by atoms with E-state index in [2.05, 4.69) is 4.98 Å². The molecular weight excluding hydrogens is 284 g/mol. The molecule has 0 aliphatic rings. The highest BCUT2D eigenvalue weighted by Crippen LogP contribution is 2.10. The molecule has 1 heterocycles. The molecule has 0 aliphatic carbocycles. The smallest absolute Gasteiger partial charge is 0.325 e. The van der Waals surface area contributed by atoms with Crippen molar-refractivity contribution in [2.45, 2.75) is 6.92 Å². The first-order valence-electron chi connectivity index (χ1n) is 6.13. The van der Waals surface area contributed by atoms with Crippen LogP contribution in [0.5, 0.6) is 0 Å². The van der Waals surface area contributed by atoms with Crippen LogP contribution in [0.15, 0.2) is 18.3 Å². The van der Waals surface area contributed by atoms with Crippen LogP contribution >= 0.6 is 11.6 Å². The maximum atomic E-state index is 12.3. The number of esters is 1. The summed E-state index contributed by atoms with van der Waals surface area (Å²) in [6, 6.07) is 2.99. The Morgan fingerprint density at radius 2 is 2.20 bits per heavy atom. The van der Waals surface area contributed by atoms with Crippen molar-refractivity contribution in [3.05, 3.63) is 29.0 Å². The molecule has 0 atom stereocenters. The molecule has 0 aromatic carbocycles. The lowest BCUT2D eigenvalue weighted by atomic mass is 10.2. The van der Waals surface area contributed by atoms with Crippen LogP contribution in [0.3, 0.4) is 0 Å². The third-order valence-corrected chi connectivity index (χ3v) is 2.66. The van der Waals surface area contributed by atoms with Crippen molar-refractivity contribution in [2.24, 2.45) is 0 Å². The van der Waals surface area contributed by atoms with Crippen LogP contribution in [0.25, 0.3) is 0 Å². The van der Waals surface area contributed by atoms with Crippen molar-refractivity contribution in [2.75, 3.05) is 33.4 Å². The predicted molar refractivity (Wildman–Crippen MR) is 73.7 cm³/mol. The van der Waals surface area contributed by atoms with Crippen LogP contribution < -0.4 is 0 Å². The Balaban J connectivity index is 2.80. The van der Waals surface area contributed by atoms with E-state index in [4.69, 9.17) is 21.1 Å². The summed E-state index contributed by atoms with van der Waals surface area (Å²) < 4.78 is 9.79. The second-order valence-corrected chi connectivity index (χ2v) is 4.28. The molecule has 1 aromatic heterocycles. The van der Waals surface area contributed by atoms with Gasteiger partial charge < -0.3 is 14.4 Å². The fourth-order valence-electron chi connectivity index (χ4n) is 1.53. The van der Waals surface area contributed by atoms with Gasteiger partial charge in [0.15, 0.2) is 0 Å². The summed E-state index contributed by atoms with van der Waals surface area (Å²) in [4.78, 5) is 29.0. The molecule has 0 aliphatic heterocycles. The topological polar surface area (TPSA) is 68.7 Å². The van der Waals surface area contributed by atoms with Crippen LogP contribution in [-0.4, -0.2) is 55.2 Å². The normalized spacial score (nSPS) is 10.2. The summed E-state index contributed by atoms with van der Waals surface area (Å²) >= 11 is 5.76. The summed E-state index contributed by atoms with van der Waals surface area (Å²) in [6.07, 6.45) is 1.44. The van der Waals surface area contributed by atoms with Crippen molar-refractivity contribution in [3.63, 3.8) is 0 Å². The molecular formula is C13H17ClN2O4. The van der Waals surface area contributed by atoms with Gasteiger partial charge >= 0.3 is 5.97 Å². The average Bonchev–Trinajstić information content (AvgIpc) is 2.43. The summed E-state index contributed by atoms with van der Waals surface area (Å²) in [7, 11) is 1.52. The molecule has 0 spiro atoms. The van der Waals surface area contributed by atoms with Crippen molar-refractivity contribution < 1.29 is 19.1 Å². The lowest BCUT2D eigenvalue weighted by molar-refractivity contribution is -0.143. The van der Waals surface area contributed by atoms with Crippen molar-refractivity contribution in [1.82, 2.24) is 9.88 Å². The standard InChI is InChI=1S/C13H17ClN2O4/c1-3-20-12(17)9-16(6-7-19-2)13(18)10-4-5-15-11(14)8-10/h4-5,8H,3,6-7,9H2,1-2H3. The van der Waals surface area contributed by atoms with Crippen LogP contribution in [0.4, 0.5) is 0 Å². The molecule has 0 saturated heterocycles. The van der Waals surface area contributed by atoms with E-state index in [1.807, 2.05) is 0 Å². The van der Waals surface area contributed by atoms with E-state index in [1.54, 1.807) is 13.0 Å². The number of aromatic nitrogens is 1. The van der Waals surface area contributed by atoms with Gasteiger partial charge in [0.25, 0.3) is 5.91 Å². The molecule has 110 valence electrons. The first-order valence-corrected chi connectivity index (χ1v) is 6.51. The highest BCUT2D eigenvalue weighted by atomic mass is 35.5. The van der Waals surface area contributed by atoms with E-state index < -0.39 is 5.97 Å². The van der Waals surface area contributed by atoms with Crippen molar-refractivity contribution >= 4 is 23.5 Å². The van der Waals surface area contributed by atoms with Gasteiger partial charge in [-0.1, -0.05) is 11.6 Å². The Hall–Kier alpha value is -1.66. The zero-order chi connectivity index (χ0) is 15.0. The average molecular weight is 301 g/mol. The van der Waals surface area contributed by atoms with Crippen LogP contribution in [0, 0.1) is 0 Å². The Bertz CT molecular complexity index is 467. The van der Waals surface area contributed by atoms with Gasteiger partial charge in [-0.25, -0.2) is 4.98 Å². The van der Waals surface area contributed by atoms with E-state index in [9.17, 15) is 9.59 Å². The van der Waals surface area contributed by atoms with E-state index >= 15 is 0 Å². The number of nitrogens with zero attached hydrogens (tertiary/aromatic N) is 2. The molecule has 0 unspecified atom stereocenters. The van der Waals surface area contributed by atoms with Gasteiger partial charge in [-0.05, 0) is 19.1 Å². The molecule has 1 amide bonds. The number of carbonyl (C=O) groups excluding carboxylic acids is 2. The predicted octanol–water partition coefficient (Wildman–Crippen LogP) is 1.39.